The first-order valence-electron chi connectivity index (χ1n) is 9.80. The second kappa shape index (κ2) is 8.78. The fourth-order valence-corrected chi connectivity index (χ4v) is 4.75. The topological polar surface area (TPSA) is 90.9 Å². The number of carbonyl (C=O) groups excluding carboxylic acids is 3. The number of halogens is 1. The van der Waals surface area contributed by atoms with Gasteiger partial charge in [-0.2, -0.15) is 0 Å². The second-order valence-corrected chi connectivity index (χ2v) is 8.47. The summed E-state index contributed by atoms with van der Waals surface area (Å²) in [6.07, 6.45) is 0. The molecule has 0 saturated carbocycles. The molecule has 164 valence electrons. The van der Waals surface area contributed by atoms with Gasteiger partial charge in [0.15, 0.2) is 12.4 Å². The minimum Gasteiger partial charge on any atom is -0.481 e. The van der Waals surface area contributed by atoms with Gasteiger partial charge in [0.25, 0.3) is 0 Å². The zero-order chi connectivity index (χ0) is 23.0. The van der Waals surface area contributed by atoms with Gasteiger partial charge in [-0.05, 0) is 47.2 Å². The van der Waals surface area contributed by atoms with Crippen molar-refractivity contribution in [1.29, 1.82) is 0 Å². The summed E-state index contributed by atoms with van der Waals surface area (Å²) in [6, 6.07) is 12.7. The number of carbonyl (C=O) groups is 3. The van der Waals surface area contributed by atoms with Gasteiger partial charge in [-0.15, -0.1) is 0 Å². The Kier molecular flexibility index (Phi) is 6.05. The molecule has 1 atom stereocenters. The van der Waals surface area contributed by atoms with E-state index in [1.165, 1.54) is 14.2 Å². The molecule has 2 aliphatic rings. The van der Waals surface area contributed by atoms with Crippen LogP contribution in [0.25, 0.3) is 5.70 Å². The normalized spacial score (nSPS) is 16.9. The second-order valence-electron chi connectivity index (χ2n) is 7.31. The van der Waals surface area contributed by atoms with Crippen molar-refractivity contribution >= 4 is 46.0 Å². The van der Waals surface area contributed by atoms with E-state index in [0.29, 0.717) is 33.9 Å². The Morgan fingerprint density at radius 3 is 2.44 bits per heavy atom. The lowest BCUT2D eigenvalue weighted by Crippen LogP contribution is -2.29. The van der Waals surface area contributed by atoms with E-state index in [4.69, 9.17) is 9.47 Å². The highest BCUT2D eigenvalue weighted by Gasteiger charge is 2.42. The van der Waals surface area contributed by atoms with E-state index in [1.807, 2.05) is 24.3 Å². The summed E-state index contributed by atoms with van der Waals surface area (Å²) < 4.78 is 15.9. The summed E-state index contributed by atoms with van der Waals surface area (Å²) in [4.78, 5) is 37.6. The van der Waals surface area contributed by atoms with Gasteiger partial charge in [-0.25, -0.2) is 9.59 Å². The highest BCUT2D eigenvalue weighted by atomic mass is 127. The van der Waals surface area contributed by atoms with Gasteiger partial charge in [0.1, 0.15) is 5.75 Å². The number of ketones is 1. The van der Waals surface area contributed by atoms with Crippen molar-refractivity contribution < 1.29 is 28.6 Å². The Balaban J connectivity index is 1.81. The molecule has 0 unspecified atom stereocenters. The number of hydrogen-bond acceptors (Lipinski definition) is 7. The van der Waals surface area contributed by atoms with Crippen molar-refractivity contribution in [3.63, 3.8) is 0 Å². The summed E-state index contributed by atoms with van der Waals surface area (Å²) in [5, 5.41) is 3.25. The largest absolute Gasteiger partial charge is 0.481 e. The van der Waals surface area contributed by atoms with Gasteiger partial charge in [0.05, 0.1) is 29.1 Å². The molecule has 2 aromatic rings. The molecule has 0 saturated heterocycles. The van der Waals surface area contributed by atoms with Crippen LogP contribution in [-0.2, 0) is 19.1 Å². The Morgan fingerprint density at radius 2 is 1.78 bits per heavy atom. The first-order chi connectivity index (χ1) is 15.4. The molecular weight excluding hydrogens is 525 g/mol. The summed E-state index contributed by atoms with van der Waals surface area (Å²) in [5.74, 6) is -1.22. The summed E-state index contributed by atoms with van der Waals surface area (Å²) in [6.45, 7) is 1.59. The lowest BCUT2D eigenvalue weighted by Gasteiger charge is -2.29. The Morgan fingerprint density at radius 1 is 1.06 bits per heavy atom. The minimum atomic E-state index is -0.609. The van der Waals surface area contributed by atoms with Gasteiger partial charge in [-0.3, -0.25) is 4.79 Å². The SMILES string of the molecule is COC(=O)COc1ccc([C@@H]2C(C(=O)OC)=C(C)NC3=C2C(=O)c2ccccc23)cc1I. The molecule has 8 heteroatoms. The molecule has 32 heavy (non-hydrogen) atoms. The first kappa shape index (κ1) is 22.1. The highest BCUT2D eigenvalue weighted by molar-refractivity contribution is 14.1. The van der Waals surface area contributed by atoms with Crippen molar-refractivity contribution in [2.75, 3.05) is 20.8 Å². The van der Waals surface area contributed by atoms with Crippen molar-refractivity contribution in [1.82, 2.24) is 5.32 Å². The van der Waals surface area contributed by atoms with Gasteiger partial charge < -0.3 is 19.5 Å². The van der Waals surface area contributed by atoms with Crippen LogP contribution in [0.3, 0.4) is 0 Å². The zero-order valence-electron chi connectivity index (χ0n) is 17.7. The zero-order valence-corrected chi connectivity index (χ0v) is 19.8. The summed E-state index contributed by atoms with van der Waals surface area (Å²) >= 11 is 2.10. The van der Waals surface area contributed by atoms with E-state index in [1.54, 1.807) is 25.1 Å². The van der Waals surface area contributed by atoms with Gasteiger partial charge in [-0.1, -0.05) is 30.3 Å². The Labute approximate surface area is 198 Å². The van der Waals surface area contributed by atoms with E-state index in [9.17, 15) is 14.4 Å². The van der Waals surface area contributed by atoms with Crippen LogP contribution in [0.1, 0.15) is 34.3 Å². The number of rotatable bonds is 5. The number of methoxy groups -OCH3 is 2. The minimum absolute atomic E-state index is 0.122. The smallest absolute Gasteiger partial charge is 0.343 e. The predicted octanol–water partition coefficient (Wildman–Crippen LogP) is 3.58. The molecule has 1 N–H and O–H groups in total. The molecule has 0 spiro atoms. The van der Waals surface area contributed by atoms with Crippen LogP contribution in [-0.4, -0.2) is 38.5 Å². The molecular formula is C24H20INO6. The number of hydrogen-bond donors (Lipinski definition) is 1. The molecule has 2 aromatic carbocycles. The van der Waals surface area contributed by atoms with Crippen LogP contribution < -0.4 is 10.1 Å². The highest BCUT2D eigenvalue weighted by Crippen LogP contribution is 2.47. The fourth-order valence-electron chi connectivity index (χ4n) is 4.05. The van der Waals surface area contributed by atoms with E-state index in [-0.39, 0.29) is 12.4 Å². The third kappa shape index (κ3) is 3.68. The van der Waals surface area contributed by atoms with Crippen LogP contribution in [0.4, 0.5) is 0 Å². The van der Waals surface area contributed by atoms with Crippen LogP contribution in [0, 0.1) is 3.57 Å². The third-order valence-corrected chi connectivity index (χ3v) is 6.36. The lowest BCUT2D eigenvalue weighted by atomic mass is 9.80. The van der Waals surface area contributed by atoms with Crippen LogP contribution in [0.5, 0.6) is 5.75 Å². The van der Waals surface area contributed by atoms with Gasteiger partial charge in [0.2, 0.25) is 0 Å². The third-order valence-electron chi connectivity index (χ3n) is 5.52. The average molecular weight is 545 g/mol. The van der Waals surface area contributed by atoms with Crippen molar-refractivity contribution in [2.45, 2.75) is 12.8 Å². The number of esters is 2. The molecule has 7 nitrogen and oxygen atoms in total. The number of fused-ring (bicyclic) bond motifs is 2. The Bertz CT molecular complexity index is 1210. The maximum atomic E-state index is 13.4. The monoisotopic (exact) mass is 545 g/mol. The molecule has 1 aliphatic carbocycles. The summed E-state index contributed by atoms with van der Waals surface area (Å²) in [7, 11) is 2.62. The molecule has 1 heterocycles. The van der Waals surface area contributed by atoms with Gasteiger partial charge >= 0.3 is 11.9 Å². The Hall–Kier alpha value is -3.14. The number of allylic oxidation sites excluding steroid dienone is 2. The molecule has 0 fully saturated rings. The van der Waals surface area contributed by atoms with Crippen molar-refractivity contribution in [3.8, 4) is 5.75 Å². The maximum Gasteiger partial charge on any atom is 0.343 e. The fraction of sp³-hybridized carbons (Fsp3) is 0.208. The predicted molar refractivity (Wildman–Crippen MR) is 125 cm³/mol. The number of Topliss-reactive ketones (excluding diaryl/α,β-unsaturated/α-hetero) is 1. The van der Waals surface area contributed by atoms with E-state index in [2.05, 4.69) is 32.6 Å². The number of ether oxygens (including phenoxy) is 3. The quantitative estimate of drug-likeness (QED) is 0.454. The van der Waals surface area contributed by atoms with Crippen LogP contribution in [0.15, 0.2) is 59.3 Å². The van der Waals surface area contributed by atoms with Crippen LogP contribution >= 0.6 is 22.6 Å². The number of dihydropyridines is 1. The summed E-state index contributed by atoms with van der Waals surface area (Å²) in [5.41, 5.74) is 4.39. The van der Waals surface area contributed by atoms with Crippen molar-refractivity contribution in [3.05, 3.63) is 79.6 Å². The molecule has 0 radical (unpaired) electrons. The van der Waals surface area contributed by atoms with E-state index in [0.717, 1.165) is 14.7 Å². The van der Waals surface area contributed by atoms with E-state index < -0.39 is 17.9 Å². The molecule has 0 amide bonds. The molecule has 1 aliphatic heterocycles. The maximum absolute atomic E-state index is 13.4. The standard InChI is InChI=1S/C24H20INO6/c1-12-19(24(29)31-3)20(13-8-9-17(16(25)10-13)32-11-18(27)30-2)21-22(26-12)14-6-4-5-7-15(14)23(21)28/h4-10,20,26H,11H2,1-3H3/t20-/m1/s1. The lowest BCUT2D eigenvalue weighted by molar-refractivity contribution is -0.143. The van der Waals surface area contributed by atoms with Gasteiger partial charge in [0, 0.05) is 28.3 Å². The number of nitrogens with one attached hydrogen (secondary N) is 1. The molecule has 0 bridgehead atoms. The van der Waals surface area contributed by atoms with Crippen LogP contribution in [0.2, 0.25) is 0 Å². The first-order valence-corrected chi connectivity index (χ1v) is 10.9. The average Bonchev–Trinajstić information content (AvgIpc) is 3.08. The number of benzene rings is 2. The van der Waals surface area contributed by atoms with Crippen molar-refractivity contribution in [2.24, 2.45) is 0 Å². The molecule has 0 aromatic heterocycles. The van der Waals surface area contributed by atoms with E-state index >= 15 is 0 Å². The molecule has 4 rings (SSSR count).